The van der Waals surface area contributed by atoms with Crippen molar-refractivity contribution >= 4 is 11.6 Å². The van der Waals surface area contributed by atoms with Gasteiger partial charge < -0.3 is 9.47 Å². The molecular weight excluding hydrogens is 450 g/mol. The summed E-state index contributed by atoms with van der Waals surface area (Å²) in [5.41, 5.74) is 4.41. The molecule has 0 spiro atoms. The van der Waals surface area contributed by atoms with Crippen LogP contribution in [0.25, 0.3) is 0 Å². The van der Waals surface area contributed by atoms with E-state index in [2.05, 4.69) is 47.4 Å². The van der Waals surface area contributed by atoms with Crippen LogP contribution >= 0.6 is 0 Å². The van der Waals surface area contributed by atoms with Crippen molar-refractivity contribution in [1.82, 2.24) is 9.91 Å². The number of carbonyl (C=O) groups is 1. The van der Waals surface area contributed by atoms with Gasteiger partial charge >= 0.3 is 0 Å². The Balaban J connectivity index is 1.15. The van der Waals surface area contributed by atoms with E-state index in [-0.39, 0.29) is 18.7 Å². The van der Waals surface area contributed by atoms with Crippen molar-refractivity contribution in [3.8, 4) is 11.5 Å². The van der Waals surface area contributed by atoms with Crippen LogP contribution in [0.5, 0.6) is 11.5 Å². The largest absolute Gasteiger partial charge is 0.454 e. The number of hydrogen-bond acceptors (Lipinski definition) is 5. The summed E-state index contributed by atoms with van der Waals surface area (Å²) >= 11 is 0. The first-order chi connectivity index (χ1) is 17.7. The zero-order chi connectivity index (χ0) is 24.3. The Hall–Kier alpha value is -3.64. The van der Waals surface area contributed by atoms with Crippen molar-refractivity contribution in [3.05, 3.63) is 95.6 Å². The summed E-state index contributed by atoms with van der Waals surface area (Å²) in [6.45, 7) is 2.52. The van der Waals surface area contributed by atoms with Crippen LogP contribution < -0.4 is 9.47 Å². The normalized spacial score (nSPS) is 19.9. The lowest BCUT2D eigenvalue weighted by molar-refractivity contribution is -0.134. The Morgan fingerprint density at radius 3 is 2.39 bits per heavy atom. The van der Waals surface area contributed by atoms with Crippen LogP contribution in [-0.4, -0.2) is 48.0 Å². The molecule has 0 N–H and O–H groups in total. The van der Waals surface area contributed by atoms with Crippen LogP contribution in [0.15, 0.2) is 84.0 Å². The van der Waals surface area contributed by atoms with E-state index in [0.717, 1.165) is 60.7 Å². The van der Waals surface area contributed by atoms with Crippen LogP contribution in [0.4, 0.5) is 0 Å². The SMILES string of the molecule is O=C(CN1CCC(Cc2ccccc2)CC1)N1N=C(c2ccccc2)CC1c1ccc2c(c1)OCO2. The van der Waals surface area contributed by atoms with Gasteiger partial charge in [0.15, 0.2) is 11.5 Å². The predicted octanol–water partition coefficient (Wildman–Crippen LogP) is 5.05. The number of nitrogens with zero attached hydrogens (tertiary/aromatic N) is 3. The monoisotopic (exact) mass is 481 g/mol. The van der Waals surface area contributed by atoms with Gasteiger partial charge in [-0.05, 0) is 67.1 Å². The molecule has 184 valence electrons. The van der Waals surface area contributed by atoms with Gasteiger partial charge in [-0.1, -0.05) is 66.7 Å². The van der Waals surface area contributed by atoms with Crippen molar-refractivity contribution in [3.63, 3.8) is 0 Å². The number of hydrazone groups is 1. The van der Waals surface area contributed by atoms with E-state index >= 15 is 0 Å². The summed E-state index contributed by atoms with van der Waals surface area (Å²) in [4.78, 5) is 15.9. The smallest absolute Gasteiger partial charge is 0.257 e. The first kappa shape index (κ1) is 22.8. The third-order valence-electron chi connectivity index (χ3n) is 7.49. The van der Waals surface area contributed by atoms with E-state index in [1.807, 2.05) is 36.4 Å². The van der Waals surface area contributed by atoms with Crippen LogP contribution in [0.3, 0.4) is 0 Å². The first-order valence-corrected chi connectivity index (χ1v) is 12.8. The van der Waals surface area contributed by atoms with E-state index in [9.17, 15) is 4.79 Å². The number of rotatable bonds is 6. The standard InChI is InChI=1S/C30H31N3O3/c34-30(20-32-15-13-23(14-16-32)17-22-7-3-1-4-8-22)33-27(19-26(31-33)24-9-5-2-6-10-24)25-11-12-28-29(18-25)36-21-35-28/h1-12,18,23,27H,13-17,19-21H2. The van der Waals surface area contributed by atoms with Crippen molar-refractivity contribution < 1.29 is 14.3 Å². The Labute approximate surface area is 212 Å². The van der Waals surface area contributed by atoms with Crippen LogP contribution in [0, 0.1) is 5.92 Å². The van der Waals surface area contributed by atoms with E-state index in [4.69, 9.17) is 14.6 Å². The summed E-state index contributed by atoms with van der Waals surface area (Å²) in [6, 6.07) is 26.6. The fourth-order valence-electron chi connectivity index (χ4n) is 5.49. The second kappa shape index (κ2) is 10.2. The third-order valence-corrected chi connectivity index (χ3v) is 7.49. The van der Waals surface area contributed by atoms with Crippen LogP contribution in [-0.2, 0) is 11.2 Å². The highest BCUT2D eigenvalue weighted by atomic mass is 16.7. The molecule has 0 radical (unpaired) electrons. The first-order valence-electron chi connectivity index (χ1n) is 12.8. The van der Waals surface area contributed by atoms with E-state index < -0.39 is 0 Å². The van der Waals surface area contributed by atoms with E-state index in [0.29, 0.717) is 18.9 Å². The number of fused-ring (bicyclic) bond motifs is 1. The second-order valence-corrected chi connectivity index (χ2v) is 9.89. The van der Waals surface area contributed by atoms with Gasteiger partial charge in [-0.3, -0.25) is 9.69 Å². The molecule has 3 aliphatic rings. The average molecular weight is 482 g/mol. The van der Waals surface area contributed by atoms with Crippen LogP contribution in [0.1, 0.15) is 42.0 Å². The molecule has 0 aliphatic carbocycles. The molecule has 0 bridgehead atoms. The maximum absolute atomic E-state index is 13.6. The number of piperidine rings is 1. The van der Waals surface area contributed by atoms with Crippen LogP contribution in [0.2, 0.25) is 0 Å². The highest BCUT2D eigenvalue weighted by molar-refractivity contribution is 6.03. The van der Waals surface area contributed by atoms with Crippen molar-refractivity contribution in [2.24, 2.45) is 11.0 Å². The number of hydrogen-bond donors (Lipinski definition) is 0. The molecule has 3 aliphatic heterocycles. The zero-order valence-electron chi connectivity index (χ0n) is 20.4. The van der Waals surface area contributed by atoms with Gasteiger partial charge in [-0.2, -0.15) is 5.10 Å². The second-order valence-electron chi connectivity index (χ2n) is 9.89. The summed E-state index contributed by atoms with van der Waals surface area (Å²) in [6.07, 6.45) is 4.03. The number of ether oxygens (including phenoxy) is 2. The highest BCUT2D eigenvalue weighted by Crippen LogP contribution is 2.39. The molecule has 3 aromatic carbocycles. The molecule has 1 amide bonds. The summed E-state index contributed by atoms with van der Waals surface area (Å²) < 4.78 is 11.1. The fourth-order valence-corrected chi connectivity index (χ4v) is 5.49. The van der Waals surface area contributed by atoms with Crippen molar-refractivity contribution in [2.75, 3.05) is 26.4 Å². The molecule has 6 nitrogen and oxygen atoms in total. The molecule has 0 saturated carbocycles. The highest BCUT2D eigenvalue weighted by Gasteiger charge is 2.35. The lowest BCUT2D eigenvalue weighted by Gasteiger charge is -2.33. The fraction of sp³-hybridized carbons (Fsp3) is 0.333. The van der Waals surface area contributed by atoms with Gasteiger partial charge in [0.05, 0.1) is 18.3 Å². The number of carbonyl (C=O) groups excluding carboxylic acids is 1. The maximum Gasteiger partial charge on any atom is 0.257 e. The average Bonchev–Trinajstić information content (AvgIpc) is 3.58. The minimum Gasteiger partial charge on any atom is -0.454 e. The molecule has 1 fully saturated rings. The molecule has 3 heterocycles. The molecule has 1 unspecified atom stereocenters. The topological polar surface area (TPSA) is 54.4 Å². The number of likely N-dealkylation sites (tertiary alicyclic amines) is 1. The van der Waals surface area contributed by atoms with Gasteiger partial charge in [0.1, 0.15) is 0 Å². The minimum absolute atomic E-state index is 0.0464. The molecule has 6 heteroatoms. The van der Waals surface area contributed by atoms with E-state index in [1.54, 1.807) is 5.01 Å². The van der Waals surface area contributed by atoms with Crippen molar-refractivity contribution in [2.45, 2.75) is 31.7 Å². The maximum atomic E-state index is 13.6. The quantitative estimate of drug-likeness (QED) is 0.495. The molecule has 1 atom stereocenters. The number of amides is 1. The Kier molecular flexibility index (Phi) is 6.43. The summed E-state index contributed by atoms with van der Waals surface area (Å²) in [5, 5.41) is 6.55. The Morgan fingerprint density at radius 2 is 1.61 bits per heavy atom. The summed E-state index contributed by atoms with van der Waals surface area (Å²) in [5.74, 6) is 2.20. The van der Waals surface area contributed by atoms with Gasteiger partial charge in [-0.25, -0.2) is 5.01 Å². The molecular formula is C30H31N3O3. The van der Waals surface area contributed by atoms with Gasteiger partial charge in [0.2, 0.25) is 6.79 Å². The van der Waals surface area contributed by atoms with Gasteiger partial charge in [0, 0.05) is 6.42 Å². The van der Waals surface area contributed by atoms with Crippen molar-refractivity contribution in [1.29, 1.82) is 0 Å². The Morgan fingerprint density at radius 1 is 0.889 bits per heavy atom. The lowest BCUT2D eigenvalue weighted by atomic mass is 9.90. The zero-order valence-corrected chi connectivity index (χ0v) is 20.4. The summed E-state index contributed by atoms with van der Waals surface area (Å²) in [7, 11) is 0. The molecule has 3 aromatic rings. The van der Waals surface area contributed by atoms with Gasteiger partial charge in [0.25, 0.3) is 5.91 Å². The molecule has 0 aromatic heterocycles. The van der Waals surface area contributed by atoms with Gasteiger partial charge in [-0.15, -0.1) is 0 Å². The van der Waals surface area contributed by atoms with E-state index in [1.165, 1.54) is 5.56 Å². The molecule has 36 heavy (non-hydrogen) atoms. The Bertz CT molecular complexity index is 1240. The molecule has 6 rings (SSSR count). The predicted molar refractivity (Wildman–Crippen MR) is 139 cm³/mol. The third kappa shape index (κ3) is 4.86. The molecule has 1 saturated heterocycles. The lowest BCUT2D eigenvalue weighted by Crippen LogP contribution is -2.42. The number of benzene rings is 3. The minimum atomic E-state index is -0.155.